The summed E-state index contributed by atoms with van der Waals surface area (Å²) in [6, 6.07) is 9.14. The average molecular weight is 237 g/mol. The molecule has 0 bridgehead atoms. The molecule has 4 heteroatoms. The summed E-state index contributed by atoms with van der Waals surface area (Å²) >= 11 is 0. The molecule has 0 spiro atoms. The van der Waals surface area contributed by atoms with Crippen LogP contribution in [0.1, 0.15) is 13.8 Å². The van der Waals surface area contributed by atoms with E-state index in [9.17, 15) is 4.79 Å². The second kappa shape index (κ2) is 6.91. The largest absolute Gasteiger partial charge is 0.491 e. The average Bonchev–Trinajstić information content (AvgIpc) is 2.34. The van der Waals surface area contributed by atoms with E-state index in [2.05, 4.69) is 5.32 Å². The number of para-hydroxylation sites is 1. The number of esters is 1. The summed E-state index contributed by atoms with van der Waals surface area (Å²) in [5.41, 5.74) is 0. The Morgan fingerprint density at radius 2 is 1.94 bits per heavy atom. The third kappa shape index (κ3) is 4.87. The molecule has 94 valence electrons. The molecule has 1 N–H and O–H groups in total. The molecule has 17 heavy (non-hydrogen) atoms. The quantitative estimate of drug-likeness (QED) is 0.763. The zero-order valence-corrected chi connectivity index (χ0v) is 10.5. The minimum absolute atomic E-state index is 0.193. The highest BCUT2D eigenvalue weighted by molar-refractivity contribution is 5.75. The first-order chi connectivity index (χ1) is 8.13. The van der Waals surface area contributed by atoms with Crippen LogP contribution in [0.25, 0.3) is 0 Å². The normalized spacial score (nSPS) is 12.2. The molecule has 1 aromatic carbocycles. The van der Waals surface area contributed by atoms with E-state index in [4.69, 9.17) is 9.47 Å². The van der Waals surface area contributed by atoms with Crippen molar-refractivity contribution in [1.29, 1.82) is 0 Å². The Labute approximate surface area is 102 Å². The van der Waals surface area contributed by atoms with E-state index in [-0.39, 0.29) is 18.6 Å². The topological polar surface area (TPSA) is 47.6 Å². The lowest BCUT2D eigenvalue weighted by molar-refractivity contribution is -0.144. The van der Waals surface area contributed by atoms with Gasteiger partial charge in [0, 0.05) is 6.04 Å². The van der Waals surface area contributed by atoms with Crippen LogP contribution in [0.3, 0.4) is 0 Å². The monoisotopic (exact) mass is 237 g/mol. The zero-order valence-electron chi connectivity index (χ0n) is 10.5. The van der Waals surface area contributed by atoms with Crippen molar-refractivity contribution in [3.63, 3.8) is 0 Å². The highest BCUT2D eigenvalue weighted by Gasteiger charge is 2.20. The van der Waals surface area contributed by atoms with Crippen LogP contribution in [-0.2, 0) is 9.53 Å². The van der Waals surface area contributed by atoms with Crippen molar-refractivity contribution in [2.24, 2.45) is 0 Å². The number of nitrogens with one attached hydrogen (secondary N) is 1. The SMILES string of the molecule is COC(=O)C(COc1ccccc1)NC(C)C. The number of benzene rings is 1. The van der Waals surface area contributed by atoms with Crippen molar-refractivity contribution in [1.82, 2.24) is 5.32 Å². The van der Waals surface area contributed by atoms with Gasteiger partial charge < -0.3 is 9.47 Å². The van der Waals surface area contributed by atoms with E-state index in [1.165, 1.54) is 7.11 Å². The Bertz CT molecular complexity index is 338. The Morgan fingerprint density at radius 1 is 1.29 bits per heavy atom. The molecule has 0 fully saturated rings. The van der Waals surface area contributed by atoms with Gasteiger partial charge in [-0.3, -0.25) is 10.1 Å². The predicted octanol–water partition coefficient (Wildman–Crippen LogP) is 1.60. The van der Waals surface area contributed by atoms with Crippen molar-refractivity contribution in [2.45, 2.75) is 25.9 Å². The van der Waals surface area contributed by atoms with Gasteiger partial charge in [0.15, 0.2) is 0 Å². The molecular formula is C13H19NO3. The van der Waals surface area contributed by atoms with Crippen LogP contribution >= 0.6 is 0 Å². The molecule has 0 aliphatic carbocycles. The van der Waals surface area contributed by atoms with Gasteiger partial charge in [0.25, 0.3) is 0 Å². The first kappa shape index (κ1) is 13.5. The molecule has 0 saturated carbocycles. The fraction of sp³-hybridized carbons (Fsp3) is 0.462. The summed E-state index contributed by atoms with van der Waals surface area (Å²) in [6.07, 6.45) is 0. The van der Waals surface area contributed by atoms with Gasteiger partial charge in [-0.15, -0.1) is 0 Å². The third-order valence-corrected chi connectivity index (χ3v) is 2.18. The molecule has 0 aromatic heterocycles. The number of carbonyl (C=O) groups is 1. The van der Waals surface area contributed by atoms with Gasteiger partial charge in [0.2, 0.25) is 0 Å². The van der Waals surface area contributed by atoms with Gasteiger partial charge in [-0.1, -0.05) is 32.0 Å². The molecule has 1 rings (SSSR count). The van der Waals surface area contributed by atoms with Crippen LogP contribution in [0.15, 0.2) is 30.3 Å². The smallest absolute Gasteiger partial charge is 0.326 e. The van der Waals surface area contributed by atoms with Gasteiger partial charge in [-0.05, 0) is 12.1 Å². The van der Waals surface area contributed by atoms with Crippen LogP contribution in [0.4, 0.5) is 0 Å². The highest BCUT2D eigenvalue weighted by Crippen LogP contribution is 2.08. The Hall–Kier alpha value is -1.55. The molecule has 0 radical (unpaired) electrons. The molecule has 1 unspecified atom stereocenters. The molecule has 1 aromatic rings. The van der Waals surface area contributed by atoms with Crippen molar-refractivity contribution in [2.75, 3.05) is 13.7 Å². The van der Waals surface area contributed by atoms with Gasteiger partial charge in [-0.25, -0.2) is 0 Å². The first-order valence-electron chi connectivity index (χ1n) is 5.65. The second-order valence-electron chi connectivity index (χ2n) is 4.02. The third-order valence-electron chi connectivity index (χ3n) is 2.18. The predicted molar refractivity (Wildman–Crippen MR) is 66.0 cm³/mol. The molecule has 0 saturated heterocycles. The number of rotatable bonds is 6. The van der Waals surface area contributed by atoms with Crippen LogP contribution in [0, 0.1) is 0 Å². The van der Waals surface area contributed by atoms with E-state index in [1.807, 2.05) is 44.2 Å². The fourth-order valence-electron chi connectivity index (χ4n) is 1.43. The van der Waals surface area contributed by atoms with E-state index in [0.717, 1.165) is 5.75 Å². The van der Waals surface area contributed by atoms with Gasteiger partial charge in [0.05, 0.1) is 7.11 Å². The molecule has 0 heterocycles. The number of carbonyl (C=O) groups excluding carboxylic acids is 1. The van der Waals surface area contributed by atoms with Crippen LogP contribution in [0.5, 0.6) is 5.75 Å². The van der Waals surface area contributed by atoms with Crippen molar-refractivity contribution in [3.05, 3.63) is 30.3 Å². The summed E-state index contributed by atoms with van der Waals surface area (Å²) in [5.74, 6) is 0.432. The van der Waals surface area contributed by atoms with Crippen molar-refractivity contribution in [3.8, 4) is 5.75 Å². The number of ether oxygens (including phenoxy) is 2. The lowest BCUT2D eigenvalue weighted by Gasteiger charge is -2.19. The van der Waals surface area contributed by atoms with Gasteiger partial charge in [0.1, 0.15) is 18.4 Å². The summed E-state index contributed by atoms with van der Waals surface area (Å²) in [5, 5.41) is 3.10. The standard InChI is InChI=1S/C13H19NO3/c1-10(2)14-12(13(15)16-3)9-17-11-7-5-4-6-8-11/h4-8,10,12,14H,9H2,1-3H3. The second-order valence-corrected chi connectivity index (χ2v) is 4.02. The molecular weight excluding hydrogens is 218 g/mol. The summed E-state index contributed by atoms with van der Waals surface area (Å²) in [7, 11) is 1.37. The van der Waals surface area contributed by atoms with Crippen molar-refractivity contribution >= 4 is 5.97 Å². The minimum atomic E-state index is -0.444. The molecule has 4 nitrogen and oxygen atoms in total. The van der Waals surface area contributed by atoms with E-state index >= 15 is 0 Å². The van der Waals surface area contributed by atoms with E-state index < -0.39 is 6.04 Å². The fourth-order valence-corrected chi connectivity index (χ4v) is 1.43. The zero-order chi connectivity index (χ0) is 12.7. The van der Waals surface area contributed by atoms with Crippen LogP contribution < -0.4 is 10.1 Å². The molecule has 0 aliphatic rings. The molecule has 0 aliphatic heterocycles. The van der Waals surface area contributed by atoms with Crippen LogP contribution in [0.2, 0.25) is 0 Å². The Balaban J connectivity index is 2.52. The highest BCUT2D eigenvalue weighted by atomic mass is 16.5. The lowest BCUT2D eigenvalue weighted by Crippen LogP contribution is -2.45. The molecule has 1 atom stereocenters. The van der Waals surface area contributed by atoms with Gasteiger partial charge in [-0.2, -0.15) is 0 Å². The van der Waals surface area contributed by atoms with Crippen LogP contribution in [-0.4, -0.2) is 31.8 Å². The van der Waals surface area contributed by atoms with Crippen molar-refractivity contribution < 1.29 is 14.3 Å². The number of hydrogen-bond acceptors (Lipinski definition) is 4. The van der Waals surface area contributed by atoms with Gasteiger partial charge >= 0.3 is 5.97 Å². The number of hydrogen-bond donors (Lipinski definition) is 1. The Morgan fingerprint density at radius 3 is 2.47 bits per heavy atom. The maximum atomic E-state index is 11.5. The minimum Gasteiger partial charge on any atom is -0.491 e. The van der Waals surface area contributed by atoms with E-state index in [1.54, 1.807) is 0 Å². The lowest BCUT2D eigenvalue weighted by atomic mass is 10.2. The van der Waals surface area contributed by atoms with E-state index in [0.29, 0.717) is 0 Å². The molecule has 0 amide bonds. The number of methoxy groups -OCH3 is 1. The summed E-state index contributed by atoms with van der Waals surface area (Å²) < 4.78 is 10.2. The summed E-state index contributed by atoms with van der Waals surface area (Å²) in [6.45, 7) is 4.20. The first-order valence-corrected chi connectivity index (χ1v) is 5.65. The maximum absolute atomic E-state index is 11.5. The maximum Gasteiger partial charge on any atom is 0.326 e. The summed E-state index contributed by atoms with van der Waals surface area (Å²) in [4.78, 5) is 11.5. The Kier molecular flexibility index (Phi) is 5.49.